The molecule has 1 atom stereocenters. The Morgan fingerprint density at radius 2 is 1.89 bits per heavy atom. The second kappa shape index (κ2) is 8.25. The normalized spacial score (nSPS) is 17.1. The fraction of sp³-hybridized carbons (Fsp3) is 0.650. The number of para-hydroxylation sites is 2. The van der Waals surface area contributed by atoms with Gasteiger partial charge >= 0.3 is 0 Å². The smallest absolute Gasteiger partial charge is 0.209 e. The standard InChI is InChI=1S/C20H32N6O/c1-6-9-17(19-21-22-23-26(19)20(2,3)4)25-14-12-24(13-15-25)16-10-7-8-11-18(16)27-5/h7-8,10-11,17H,6,9,12-15H2,1-5H3/p+1/t17-/m1/s1. The van der Waals surface area contributed by atoms with Gasteiger partial charge in [-0.25, -0.2) is 4.68 Å². The summed E-state index contributed by atoms with van der Waals surface area (Å²) in [6, 6.07) is 8.62. The van der Waals surface area contributed by atoms with E-state index < -0.39 is 0 Å². The molecule has 0 amide bonds. The number of ether oxygens (including phenoxy) is 1. The summed E-state index contributed by atoms with van der Waals surface area (Å²) < 4.78 is 7.55. The highest BCUT2D eigenvalue weighted by Crippen LogP contribution is 2.27. The molecule has 1 N–H and O–H groups in total. The van der Waals surface area contributed by atoms with Crippen LogP contribution in [-0.2, 0) is 5.54 Å². The van der Waals surface area contributed by atoms with Crippen LogP contribution in [0.4, 0.5) is 5.69 Å². The quantitative estimate of drug-likeness (QED) is 0.835. The third-order valence-electron chi connectivity index (χ3n) is 5.34. The van der Waals surface area contributed by atoms with E-state index in [4.69, 9.17) is 4.74 Å². The molecule has 0 unspecified atom stereocenters. The van der Waals surface area contributed by atoms with E-state index in [1.165, 1.54) is 5.69 Å². The number of hydrogen-bond acceptors (Lipinski definition) is 5. The molecule has 7 heteroatoms. The van der Waals surface area contributed by atoms with E-state index in [9.17, 15) is 0 Å². The van der Waals surface area contributed by atoms with Crippen molar-refractivity contribution in [3.05, 3.63) is 30.1 Å². The predicted molar refractivity (Wildman–Crippen MR) is 106 cm³/mol. The molecule has 1 aromatic heterocycles. The molecular formula is C20H33N6O+. The predicted octanol–water partition coefficient (Wildman–Crippen LogP) is 1.68. The summed E-state index contributed by atoms with van der Waals surface area (Å²) in [5.41, 5.74) is 1.08. The van der Waals surface area contributed by atoms with Gasteiger partial charge in [0.1, 0.15) is 11.8 Å². The van der Waals surface area contributed by atoms with Gasteiger partial charge in [0.25, 0.3) is 0 Å². The van der Waals surface area contributed by atoms with Gasteiger partial charge in [-0.05, 0) is 43.3 Å². The summed E-state index contributed by atoms with van der Waals surface area (Å²) in [5, 5.41) is 12.7. The minimum Gasteiger partial charge on any atom is -0.495 e. The van der Waals surface area contributed by atoms with Crippen molar-refractivity contribution in [1.29, 1.82) is 0 Å². The molecule has 7 nitrogen and oxygen atoms in total. The van der Waals surface area contributed by atoms with Gasteiger partial charge in [-0.2, -0.15) is 0 Å². The van der Waals surface area contributed by atoms with Crippen LogP contribution in [0, 0.1) is 0 Å². The monoisotopic (exact) mass is 373 g/mol. The molecule has 0 aliphatic carbocycles. The average molecular weight is 374 g/mol. The van der Waals surface area contributed by atoms with E-state index >= 15 is 0 Å². The van der Waals surface area contributed by atoms with E-state index in [0.717, 1.165) is 50.6 Å². The Balaban J connectivity index is 1.76. The van der Waals surface area contributed by atoms with Gasteiger partial charge in [0.15, 0.2) is 0 Å². The topological polar surface area (TPSA) is 60.5 Å². The summed E-state index contributed by atoms with van der Waals surface area (Å²) in [7, 11) is 1.74. The van der Waals surface area contributed by atoms with Crippen LogP contribution < -0.4 is 14.5 Å². The highest BCUT2D eigenvalue weighted by atomic mass is 16.5. The SMILES string of the molecule is CCC[C@H](c1nnnn1C(C)(C)C)[NH+]1CCN(c2ccccc2OC)CC1. The number of benzene rings is 1. The molecule has 148 valence electrons. The Labute approximate surface area is 162 Å². The molecule has 1 aromatic carbocycles. The fourth-order valence-electron chi connectivity index (χ4n) is 3.97. The number of tetrazole rings is 1. The Hall–Kier alpha value is -2.15. The summed E-state index contributed by atoms with van der Waals surface area (Å²) in [6.45, 7) is 12.9. The van der Waals surface area contributed by atoms with Gasteiger partial charge in [0.05, 0.1) is 44.5 Å². The van der Waals surface area contributed by atoms with Crippen molar-refractivity contribution in [2.75, 3.05) is 38.2 Å². The molecule has 27 heavy (non-hydrogen) atoms. The lowest BCUT2D eigenvalue weighted by Crippen LogP contribution is -3.15. The van der Waals surface area contributed by atoms with Crippen molar-refractivity contribution in [3.8, 4) is 5.75 Å². The minimum absolute atomic E-state index is 0.108. The Morgan fingerprint density at radius 1 is 1.19 bits per heavy atom. The lowest BCUT2D eigenvalue weighted by Gasteiger charge is -2.38. The first-order valence-electron chi connectivity index (χ1n) is 9.97. The molecule has 3 rings (SSSR count). The van der Waals surface area contributed by atoms with Crippen molar-refractivity contribution in [2.24, 2.45) is 0 Å². The Bertz CT molecular complexity index is 730. The second-order valence-corrected chi connectivity index (χ2v) is 8.28. The molecule has 2 heterocycles. The van der Waals surface area contributed by atoms with E-state index in [1.807, 2.05) is 16.8 Å². The molecular weight excluding hydrogens is 340 g/mol. The summed E-state index contributed by atoms with van der Waals surface area (Å²) >= 11 is 0. The molecule has 0 bridgehead atoms. The largest absolute Gasteiger partial charge is 0.495 e. The first-order valence-corrected chi connectivity index (χ1v) is 9.97. The number of rotatable bonds is 6. The maximum atomic E-state index is 5.55. The molecule has 1 aliphatic rings. The van der Waals surface area contributed by atoms with E-state index in [-0.39, 0.29) is 5.54 Å². The highest BCUT2D eigenvalue weighted by Gasteiger charge is 2.34. The van der Waals surface area contributed by atoms with Gasteiger partial charge in [-0.15, -0.1) is 5.10 Å². The number of piperazine rings is 1. The maximum absolute atomic E-state index is 5.55. The molecule has 0 spiro atoms. The van der Waals surface area contributed by atoms with Gasteiger partial charge in [-0.1, -0.05) is 25.5 Å². The van der Waals surface area contributed by atoms with Gasteiger partial charge < -0.3 is 14.5 Å². The summed E-state index contributed by atoms with van der Waals surface area (Å²) in [5.74, 6) is 1.97. The molecule has 1 fully saturated rings. The van der Waals surface area contributed by atoms with E-state index in [1.54, 1.807) is 12.0 Å². The van der Waals surface area contributed by atoms with Crippen molar-refractivity contribution < 1.29 is 9.64 Å². The second-order valence-electron chi connectivity index (χ2n) is 8.28. The van der Waals surface area contributed by atoms with Crippen molar-refractivity contribution >= 4 is 5.69 Å². The molecule has 0 radical (unpaired) electrons. The number of quaternary nitrogens is 1. The first kappa shape index (κ1) is 19.6. The summed E-state index contributed by atoms with van der Waals surface area (Å²) in [4.78, 5) is 4.00. The van der Waals surface area contributed by atoms with Crippen LogP contribution in [0.1, 0.15) is 52.4 Å². The van der Waals surface area contributed by atoms with Crippen molar-refractivity contribution in [2.45, 2.75) is 52.1 Å². The number of anilines is 1. The Morgan fingerprint density at radius 3 is 2.52 bits per heavy atom. The maximum Gasteiger partial charge on any atom is 0.209 e. The number of hydrogen-bond donors (Lipinski definition) is 1. The zero-order valence-electron chi connectivity index (χ0n) is 17.3. The summed E-state index contributed by atoms with van der Waals surface area (Å²) in [6.07, 6.45) is 2.22. The molecule has 2 aromatic rings. The van der Waals surface area contributed by atoms with Crippen LogP contribution in [0.3, 0.4) is 0 Å². The lowest BCUT2D eigenvalue weighted by molar-refractivity contribution is -0.933. The van der Waals surface area contributed by atoms with Gasteiger partial charge in [-0.3, -0.25) is 0 Å². The number of nitrogens with zero attached hydrogens (tertiary/aromatic N) is 5. The van der Waals surface area contributed by atoms with Crippen LogP contribution in [-0.4, -0.2) is 53.5 Å². The third kappa shape index (κ3) is 4.24. The average Bonchev–Trinajstić information content (AvgIpc) is 3.16. The number of aromatic nitrogens is 4. The van der Waals surface area contributed by atoms with Gasteiger partial charge in [0.2, 0.25) is 5.82 Å². The highest BCUT2D eigenvalue weighted by molar-refractivity contribution is 5.58. The van der Waals surface area contributed by atoms with E-state index in [2.05, 4.69) is 60.3 Å². The van der Waals surface area contributed by atoms with Gasteiger partial charge in [0, 0.05) is 6.42 Å². The van der Waals surface area contributed by atoms with Crippen molar-refractivity contribution in [3.63, 3.8) is 0 Å². The molecule has 1 aliphatic heterocycles. The fourth-order valence-corrected chi connectivity index (χ4v) is 3.97. The minimum atomic E-state index is -0.108. The van der Waals surface area contributed by atoms with Crippen LogP contribution in [0.5, 0.6) is 5.75 Å². The van der Waals surface area contributed by atoms with Crippen LogP contribution >= 0.6 is 0 Å². The van der Waals surface area contributed by atoms with Crippen molar-refractivity contribution in [1.82, 2.24) is 20.2 Å². The number of methoxy groups -OCH3 is 1. The lowest BCUT2D eigenvalue weighted by atomic mass is 10.0. The third-order valence-corrected chi connectivity index (χ3v) is 5.34. The Kier molecular flexibility index (Phi) is 5.99. The van der Waals surface area contributed by atoms with Crippen LogP contribution in [0.25, 0.3) is 0 Å². The zero-order valence-corrected chi connectivity index (χ0v) is 17.3. The van der Waals surface area contributed by atoms with Crippen LogP contribution in [0.15, 0.2) is 24.3 Å². The molecule has 1 saturated heterocycles. The van der Waals surface area contributed by atoms with E-state index in [0.29, 0.717) is 6.04 Å². The van der Waals surface area contributed by atoms with Crippen LogP contribution in [0.2, 0.25) is 0 Å². The number of nitrogens with one attached hydrogen (secondary N) is 1. The molecule has 0 saturated carbocycles. The first-order chi connectivity index (χ1) is 13.0. The zero-order chi connectivity index (χ0) is 19.4.